The Labute approximate surface area is 162 Å². The van der Waals surface area contributed by atoms with Crippen molar-refractivity contribution < 1.29 is 18.7 Å². The highest BCUT2D eigenvalue weighted by atomic mass is 19.1. The molecule has 0 aliphatic heterocycles. The molecule has 0 radical (unpaired) electrons. The monoisotopic (exact) mass is 393 g/mol. The SMILES string of the molecule is O=C(Nc1ccccc1F)c1c(O)c2cccnc2n(-c2cccc(F)c2)c1=O. The number of hydrogen-bond acceptors (Lipinski definition) is 4. The van der Waals surface area contributed by atoms with E-state index in [1.165, 1.54) is 54.7 Å². The van der Waals surface area contributed by atoms with Crippen LogP contribution in [0.2, 0.25) is 0 Å². The maximum atomic E-state index is 13.9. The fourth-order valence-corrected chi connectivity index (χ4v) is 3.01. The number of halogens is 2. The lowest BCUT2D eigenvalue weighted by molar-refractivity contribution is 0.102. The summed E-state index contributed by atoms with van der Waals surface area (Å²) in [5.41, 5.74) is -1.52. The Balaban J connectivity index is 1.97. The number of carbonyl (C=O) groups excluding carboxylic acids is 1. The van der Waals surface area contributed by atoms with Crippen molar-refractivity contribution in [1.82, 2.24) is 9.55 Å². The van der Waals surface area contributed by atoms with Crippen LogP contribution in [0.25, 0.3) is 16.7 Å². The summed E-state index contributed by atoms with van der Waals surface area (Å²) < 4.78 is 28.7. The molecule has 2 aromatic carbocycles. The quantitative estimate of drug-likeness (QED) is 0.557. The molecular formula is C21H13F2N3O3. The molecule has 0 atom stereocenters. The van der Waals surface area contributed by atoms with E-state index in [0.717, 1.165) is 16.7 Å². The van der Waals surface area contributed by atoms with Gasteiger partial charge in [-0.15, -0.1) is 0 Å². The van der Waals surface area contributed by atoms with Crippen molar-refractivity contribution in [1.29, 1.82) is 0 Å². The average Bonchev–Trinajstić information content (AvgIpc) is 2.70. The van der Waals surface area contributed by atoms with Crippen molar-refractivity contribution in [3.05, 3.63) is 94.4 Å². The van der Waals surface area contributed by atoms with Gasteiger partial charge in [0.25, 0.3) is 11.5 Å². The predicted octanol–water partition coefficient (Wildman–Crippen LogP) is 3.62. The van der Waals surface area contributed by atoms with Crippen LogP contribution in [0.4, 0.5) is 14.5 Å². The number of carbonyl (C=O) groups is 1. The average molecular weight is 393 g/mol. The minimum absolute atomic E-state index is 0.0445. The van der Waals surface area contributed by atoms with Gasteiger partial charge < -0.3 is 10.4 Å². The fourth-order valence-electron chi connectivity index (χ4n) is 3.01. The maximum Gasteiger partial charge on any atom is 0.273 e. The third-order valence-corrected chi connectivity index (χ3v) is 4.32. The topological polar surface area (TPSA) is 84.2 Å². The summed E-state index contributed by atoms with van der Waals surface area (Å²) in [5, 5.41) is 13.0. The molecule has 8 heteroatoms. The van der Waals surface area contributed by atoms with Gasteiger partial charge in [0, 0.05) is 6.20 Å². The number of benzene rings is 2. The zero-order chi connectivity index (χ0) is 20.5. The maximum absolute atomic E-state index is 13.9. The third kappa shape index (κ3) is 3.20. The molecule has 4 rings (SSSR count). The van der Waals surface area contributed by atoms with E-state index in [9.17, 15) is 23.5 Å². The summed E-state index contributed by atoms with van der Waals surface area (Å²) in [7, 11) is 0. The molecule has 0 aliphatic rings. The van der Waals surface area contributed by atoms with E-state index in [-0.39, 0.29) is 22.4 Å². The Morgan fingerprint density at radius 1 is 1.03 bits per heavy atom. The summed E-state index contributed by atoms with van der Waals surface area (Å²) in [5.74, 6) is -2.90. The summed E-state index contributed by atoms with van der Waals surface area (Å²) in [6.07, 6.45) is 1.40. The van der Waals surface area contributed by atoms with Crippen LogP contribution in [0.3, 0.4) is 0 Å². The van der Waals surface area contributed by atoms with Crippen molar-refractivity contribution in [3.63, 3.8) is 0 Å². The first kappa shape index (κ1) is 18.3. The number of hydrogen-bond donors (Lipinski definition) is 2. The molecule has 6 nitrogen and oxygen atoms in total. The van der Waals surface area contributed by atoms with Gasteiger partial charge in [0.05, 0.1) is 16.8 Å². The van der Waals surface area contributed by atoms with E-state index in [2.05, 4.69) is 10.3 Å². The van der Waals surface area contributed by atoms with Gasteiger partial charge in [-0.3, -0.25) is 14.2 Å². The van der Waals surface area contributed by atoms with Crippen molar-refractivity contribution in [2.24, 2.45) is 0 Å². The number of para-hydroxylation sites is 1. The van der Waals surface area contributed by atoms with Gasteiger partial charge in [0.2, 0.25) is 0 Å². The highest BCUT2D eigenvalue weighted by Gasteiger charge is 2.24. The Morgan fingerprint density at radius 2 is 1.83 bits per heavy atom. The minimum atomic E-state index is -1.01. The summed E-state index contributed by atoms with van der Waals surface area (Å²) in [6, 6.07) is 13.6. The Morgan fingerprint density at radius 3 is 2.59 bits per heavy atom. The number of fused-ring (bicyclic) bond motifs is 1. The van der Waals surface area contributed by atoms with Crippen LogP contribution in [-0.4, -0.2) is 20.6 Å². The number of amides is 1. The van der Waals surface area contributed by atoms with Crippen molar-refractivity contribution >= 4 is 22.6 Å². The molecule has 1 amide bonds. The normalized spacial score (nSPS) is 10.8. The first-order valence-corrected chi connectivity index (χ1v) is 8.52. The molecule has 4 aromatic rings. The highest BCUT2D eigenvalue weighted by Crippen LogP contribution is 2.27. The smallest absolute Gasteiger partial charge is 0.273 e. The van der Waals surface area contributed by atoms with Crippen LogP contribution in [-0.2, 0) is 0 Å². The Hall–Kier alpha value is -4.07. The molecule has 0 saturated heterocycles. The van der Waals surface area contributed by atoms with Crippen LogP contribution >= 0.6 is 0 Å². The predicted molar refractivity (Wildman–Crippen MR) is 103 cm³/mol. The molecule has 2 heterocycles. The lowest BCUT2D eigenvalue weighted by Gasteiger charge is -2.14. The van der Waals surface area contributed by atoms with E-state index in [0.29, 0.717) is 0 Å². The zero-order valence-electron chi connectivity index (χ0n) is 14.8. The molecule has 0 fully saturated rings. The molecule has 0 aliphatic carbocycles. The minimum Gasteiger partial charge on any atom is -0.506 e. The molecule has 144 valence electrons. The Bertz CT molecular complexity index is 1320. The van der Waals surface area contributed by atoms with E-state index in [1.807, 2.05) is 0 Å². The number of rotatable bonds is 3. The highest BCUT2D eigenvalue weighted by molar-refractivity contribution is 6.09. The van der Waals surface area contributed by atoms with Crippen LogP contribution in [0.5, 0.6) is 5.75 Å². The van der Waals surface area contributed by atoms with Crippen LogP contribution in [0, 0.1) is 11.6 Å². The molecule has 2 aromatic heterocycles. The standard InChI is InChI=1S/C21H13F2N3O3/c22-12-5-3-6-13(11-12)26-19-14(7-4-10-24-19)18(27)17(21(26)29)20(28)25-16-9-2-1-8-15(16)23/h1-11,27H,(H,25,28). The summed E-state index contributed by atoms with van der Waals surface area (Å²) in [4.78, 5) is 30.0. The first-order chi connectivity index (χ1) is 14.0. The lowest BCUT2D eigenvalue weighted by atomic mass is 10.1. The summed E-state index contributed by atoms with van der Waals surface area (Å²) in [6.45, 7) is 0. The number of aromatic nitrogens is 2. The van der Waals surface area contributed by atoms with Gasteiger partial charge in [-0.05, 0) is 42.5 Å². The first-order valence-electron chi connectivity index (χ1n) is 8.52. The molecule has 0 bridgehead atoms. The van der Waals surface area contributed by atoms with E-state index < -0.39 is 34.4 Å². The molecule has 29 heavy (non-hydrogen) atoms. The molecule has 0 unspecified atom stereocenters. The van der Waals surface area contributed by atoms with E-state index >= 15 is 0 Å². The molecule has 0 saturated carbocycles. The second-order valence-electron chi connectivity index (χ2n) is 6.15. The van der Waals surface area contributed by atoms with Gasteiger partial charge in [0.15, 0.2) is 5.65 Å². The van der Waals surface area contributed by atoms with Crippen molar-refractivity contribution in [3.8, 4) is 11.4 Å². The van der Waals surface area contributed by atoms with Gasteiger partial charge in [-0.2, -0.15) is 0 Å². The van der Waals surface area contributed by atoms with E-state index in [4.69, 9.17) is 0 Å². The lowest BCUT2D eigenvalue weighted by Crippen LogP contribution is -2.29. The fraction of sp³-hybridized carbons (Fsp3) is 0. The molecular weight excluding hydrogens is 380 g/mol. The Kier molecular flexibility index (Phi) is 4.52. The molecule has 0 spiro atoms. The van der Waals surface area contributed by atoms with Crippen LogP contribution in [0.1, 0.15) is 10.4 Å². The van der Waals surface area contributed by atoms with E-state index in [1.54, 1.807) is 0 Å². The largest absolute Gasteiger partial charge is 0.506 e. The second kappa shape index (κ2) is 7.16. The van der Waals surface area contributed by atoms with Crippen molar-refractivity contribution in [2.75, 3.05) is 5.32 Å². The van der Waals surface area contributed by atoms with Crippen molar-refractivity contribution in [2.45, 2.75) is 0 Å². The number of nitrogens with zero attached hydrogens (tertiary/aromatic N) is 2. The van der Waals surface area contributed by atoms with Crippen LogP contribution < -0.4 is 10.9 Å². The third-order valence-electron chi connectivity index (χ3n) is 4.32. The number of nitrogens with one attached hydrogen (secondary N) is 1. The van der Waals surface area contributed by atoms with Gasteiger partial charge in [-0.25, -0.2) is 13.8 Å². The molecule has 2 N–H and O–H groups in total. The second-order valence-corrected chi connectivity index (χ2v) is 6.15. The van der Waals surface area contributed by atoms with Gasteiger partial charge in [-0.1, -0.05) is 18.2 Å². The van der Waals surface area contributed by atoms with Gasteiger partial charge >= 0.3 is 0 Å². The van der Waals surface area contributed by atoms with Crippen LogP contribution in [0.15, 0.2) is 71.7 Å². The van der Waals surface area contributed by atoms with Gasteiger partial charge in [0.1, 0.15) is 22.9 Å². The summed E-state index contributed by atoms with van der Waals surface area (Å²) >= 11 is 0. The number of pyridine rings is 2. The zero-order valence-corrected chi connectivity index (χ0v) is 14.8. The number of aromatic hydroxyl groups is 1. The number of anilines is 1.